The maximum absolute atomic E-state index is 9.64. The zero-order valence-corrected chi connectivity index (χ0v) is 15.0. The van der Waals surface area contributed by atoms with Crippen molar-refractivity contribution in [2.24, 2.45) is 11.8 Å². The third kappa shape index (κ3) is 8.93. The maximum atomic E-state index is 9.64. The Labute approximate surface area is 127 Å². The van der Waals surface area contributed by atoms with E-state index in [1.807, 2.05) is 41.5 Å². The maximum Gasteiger partial charge on any atom is 0.0924 e. The lowest BCUT2D eigenvalue weighted by Gasteiger charge is -2.24. The van der Waals surface area contributed by atoms with E-state index in [4.69, 9.17) is 9.47 Å². The highest BCUT2D eigenvalue weighted by Crippen LogP contribution is 2.26. The van der Waals surface area contributed by atoms with E-state index in [2.05, 4.69) is 13.8 Å². The van der Waals surface area contributed by atoms with Crippen LogP contribution in [0, 0.1) is 11.8 Å². The van der Waals surface area contributed by atoms with Crippen molar-refractivity contribution >= 4 is 0 Å². The monoisotopic (exact) mass is 290 g/mol. The van der Waals surface area contributed by atoms with Gasteiger partial charge < -0.3 is 14.6 Å². The molecule has 2 aliphatic rings. The minimum atomic E-state index is -0.528. The summed E-state index contributed by atoms with van der Waals surface area (Å²) in [6.45, 7) is 18.6. The number of rotatable bonds is 1. The van der Waals surface area contributed by atoms with Crippen LogP contribution in [0.15, 0.2) is 0 Å². The highest BCUT2D eigenvalue weighted by Gasteiger charge is 2.35. The third-order valence-corrected chi connectivity index (χ3v) is 3.51. The minimum absolute atomic E-state index is 0.319. The molecule has 3 unspecified atom stereocenters. The SMILES string of the molecule is CC.CC.CC(C)C1(O)CCOC1.CC1COC(C)C1. The van der Waals surface area contributed by atoms with Gasteiger partial charge in [0.05, 0.1) is 18.3 Å². The summed E-state index contributed by atoms with van der Waals surface area (Å²) >= 11 is 0. The Morgan fingerprint density at radius 3 is 1.80 bits per heavy atom. The van der Waals surface area contributed by atoms with Crippen molar-refractivity contribution in [1.82, 2.24) is 0 Å². The summed E-state index contributed by atoms with van der Waals surface area (Å²) in [5.74, 6) is 1.12. The van der Waals surface area contributed by atoms with E-state index < -0.39 is 5.60 Å². The molecule has 2 saturated heterocycles. The second-order valence-electron chi connectivity index (χ2n) is 5.55. The molecule has 2 rings (SSSR count). The van der Waals surface area contributed by atoms with E-state index in [1.54, 1.807) is 0 Å². The van der Waals surface area contributed by atoms with E-state index >= 15 is 0 Å². The predicted molar refractivity (Wildman–Crippen MR) is 87.1 cm³/mol. The molecule has 0 amide bonds. The first-order valence-electron chi connectivity index (χ1n) is 8.36. The van der Waals surface area contributed by atoms with Gasteiger partial charge >= 0.3 is 0 Å². The Kier molecular flexibility index (Phi) is 14.0. The molecular formula is C17H38O3. The van der Waals surface area contributed by atoms with E-state index in [-0.39, 0.29) is 0 Å². The van der Waals surface area contributed by atoms with Crippen molar-refractivity contribution in [1.29, 1.82) is 0 Å². The average molecular weight is 290 g/mol. The normalized spacial score (nSPS) is 31.5. The molecule has 2 fully saturated rings. The fourth-order valence-corrected chi connectivity index (χ4v) is 2.06. The molecule has 0 spiro atoms. The first kappa shape index (κ1) is 22.2. The molecule has 20 heavy (non-hydrogen) atoms. The molecule has 0 saturated carbocycles. The lowest BCUT2D eigenvalue weighted by molar-refractivity contribution is -0.0125. The van der Waals surface area contributed by atoms with Crippen molar-refractivity contribution in [3.8, 4) is 0 Å². The van der Waals surface area contributed by atoms with Crippen LogP contribution >= 0.6 is 0 Å². The molecule has 3 nitrogen and oxygen atoms in total. The third-order valence-electron chi connectivity index (χ3n) is 3.51. The van der Waals surface area contributed by atoms with Gasteiger partial charge in [-0.3, -0.25) is 0 Å². The molecule has 1 N–H and O–H groups in total. The molecule has 0 aromatic heterocycles. The number of aliphatic hydroxyl groups is 1. The Bertz CT molecular complexity index is 190. The number of ether oxygens (including phenoxy) is 2. The van der Waals surface area contributed by atoms with Crippen molar-refractivity contribution in [2.75, 3.05) is 19.8 Å². The predicted octanol–water partition coefficient (Wildman–Crippen LogP) is 4.28. The Morgan fingerprint density at radius 1 is 1.10 bits per heavy atom. The van der Waals surface area contributed by atoms with Gasteiger partial charge in [0.2, 0.25) is 0 Å². The fourth-order valence-electron chi connectivity index (χ4n) is 2.06. The summed E-state index contributed by atoms with van der Waals surface area (Å²) in [6.07, 6.45) is 2.57. The Hall–Kier alpha value is -0.120. The van der Waals surface area contributed by atoms with Crippen molar-refractivity contribution in [3.63, 3.8) is 0 Å². The first-order valence-corrected chi connectivity index (χ1v) is 8.36. The second kappa shape index (κ2) is 12.6. The molecule has 124 valence electrons. The van der Waals surface area contributed by atoms with Crippen molar-refractivity contribution < 1.29 is 14.6 Å². The highest BCUT2D eigenvalue weighted by molar-refractivity contribution is 4.85. The molecule has 0 aromatic carbocycles. The summed E-state index contributed by atoms with van der Waals surface area (Å²) in [4.78, 5) is 0. The molecule has 0 aromatic rings. The van der Waals surface area contributed by atoms with E-state index in [9.17, 15) is 5.11 Å². The summed E-state index contributed by atoms with van der Waals surface area (Å²) < 4.78 is 10.3. The van der Waals surface area contributed by atoms with Crippen LogP contribution in [0.5, 0.6) is 0 Å². The molecule has 3 heteroatoms. The largest absolute Gasteiger partial charge is 0.387 e. The lowest BCUT2D eigenvalue weighted by Crippen LogP contribution is -2.34. The van der Waals surface area contributed by atoms with Gasteiger partial charge in [-0.05, 0) is 25.2 Å². The number of hydrogen-bond acceptors (Lipinski definition) is 3. The van der Waals surface area contributed by atoms with Crippen LogP contribution in [0.1, 0.15) is 68.2 Å². The Balaban J connectivity index is 0. The molecule has 2 aliphatic heterocycles. The van der Waals surface area contributed by atoms with Crippen LogP contribution in [0.2, 0.25) is 0 Å². The van der Waals surface area contributed by atoms with Crippen LogP contribution in [-0.2, 0) is 9.47 Å². The molecular weight excluding hydrogens is 252 g/mol. The average Bonchev–Trinajstić information content (AvgIpc) is 3.05. The van der Waals surface area contributed by atoms with Gasteiger partial charge in [-0.15, -0.1) is 0 Å². The lowest BCUT2D eigenvalue weighted by atomic mass is 9.90. The molecule has 0 bridgehead atoms. The zero-order valence-electron chi connectivity index (χ0n) is 15.0. The van der Waals surface area contributed by atoms with E-state index in [0.717, 1.165) is 18.9 Å². The fraction of sp³-hybridized carbons (Fsp3) is 1.00. The molecule has 3 atom stereocenters. The summed E-state index contributed by atoms with van der Waals surface area (Å²) in [5, 5.41) is 9.64. The van der Waals surface area contributed by atoms with Gasteiger partial charge in [-0.1, -0.05) is 48.5 Å². The first-order chi connectivity index (χ1) is 9.44. The van der Waals surface area contributed by atoms with Gasteiger partial charge in [-0.25, -0.2) is 0 Å². The minimum Gasteiger partial charge on any atom is -0.387 e. The summed E-state index contributed by atoms with van der Waals surface area (Å²) in [7, 11) is 0. The standard InChI is InChI=1S/C7H14O2.C6H12O.2C2H6/c1-6(2)7(8)3-4-9-5-7;1-5-3-6(2)7-4-5;2*1-2/h6,8H,3-5H2,1-2H3;5-6H,3-4H2,1-2H3;2*1-2H3. The van der Waals surface area contributed by atoms with Gasteiger partial charge in [0, 0.05) is 19.6 Å². The van der Waals surface area contributed by atoms with Crippen LogP contribution in [0.25, 0.3) is 0 Å². The molecule has 0 radical (unpaired) electrons. The summed E-state index contributed by atoms with van der Waals surface area (Å²) in [6, 6.07) is 0. The molecule has 0 aliphatic carbocycles. The van der Waals surface area contributed by atoms with Gasteiger partial charge in [0.25, 0.3) is 0 Å². The van der Waals surface area contributed by atoms with Crippen LogP contribution < -0.4 is 0 Å². The smallest absolute Gasteiger partial charge is 0.0924 e. The van der Waals surface area contributed by atoms with Crippen LogP contribution in [0.3, 0.4) is 0 Å². The quantitative estimate of drug-likeness (QED) is 0.783. The van der Waals surface area contributed by atoms with Crippen molar-refractivity contribution in [3.05, 3.63) is 0 Å². The van der Waals surface area contributed by atoms with Crippen LogP contribution in [0.4, 0.5) is 0 Å². The molecule has 2 heterocycles. The van der Waals surface area contributed by atoms with E-state index in [0.29, 0.717) is 25.2 Å². The second-order valence-corrected chi connectivity index (χ2v) is 5.55. The van der Waals surface area contributed by atoms with Gasteiger partial charge in [0.1, 0.15) is 0 Å². The highest BCUT2D eigenvalue weighted by atomic mass is 16.5. The zero-order chi connectivity index (χ0) is 16.2. The van der Waals surface area contributed by atoms with Gasteiger partial charge in [-0.2, -0.15) is 0 Å². The van der Waals surface area contributed by atoms with E-state index in [1.165, 1.54) is 6.42 Å². The van der Waals surface area contributed by atoms with Crippen LogP contribution in [-0.4, -0.2) is 36.6 Å². The van der Waals surface area contributed by atoms with Gasteiger partial charge in [0.15, 0.2) is 0 Å². The van der Waals surface area contributed by atoms with Crippen molar-refractivity contribution in [2.45, 2.75) is 79.9 Å². The Morgan fingerprint density at radius 2 is 1.65 bits per heavy atom. The topological polar surface area (TPSA) is 38.7 Å². The number of hydrogen-bond donors (Lipinski definition) is 1. The summed E-state index contributed by atoms with van der Waals surface area (Å²) in [5.41, 5.74) is -0.528.